The third-order valence-electron chi connectivity index (χ3n) is 6.39. The summed E-state index contributed by atoms with van der Waals surface area (Å²) in [6.45, 7) is 3.36. The van der Waals surface area contributed by atoms with Crippen molar-refractivity contribution < 1.29 is 13.5 Å². The Labute approximate surface area is 188 Å². The van der Waals surface area contributed by atoms with Crippen molar-refractivity contribution in [2.45, 2.75) is 38.0 Å². The van der Waals surface area contributed by atoms with E-state index in [1.807, 2.05) is 18.2 Å². The first-order chi connectivity index (χ1) is 15.6. The number of nitrogens with zero attached hydrogens (tertiary/aromatic N) is 2. The maximum Gasteiger partial charge on any atom is 0.191 e. The minimum atomic E-state index is -0.482. The molecule has 2 aromatic rings. The Kier molecular flexibility index (Phi) is 7.71. The van der Waals surface area contributed by atoms with E-state index in [4.69, 9.17) is 4.74 Å². The van der Waals surface area contributed by atoms with Crippen LogP contribution in [0.25, 0.3) is 0 Å². The van der Waals surface area contributed by atoms with E-state index < -0.39 is 11.6 Å². The summed E-state index contributed by atoms with van der Waals surface area (Å²) in [6.07, 6.45) is 3.07. The summed E-state index contributed by atoms with van der Waals surface area (Å²) in [4.78, 5) is 6.50. The van der Waals surface area contributed by atoms with Crippen molar-refractivity contribution >= 4 is 5.96 Å². The topological polar surface area (TPSA) is 48.9 Å². The predicted octanol–water partition coefficient (Wildman–Crippen LogP) is 3.87. The molecular formula is C25H32F2N4O. The van der Waals surface area contributed by atoms with Gasteiger partial charge >= 0.3 is 0 Å². The van der Waals surface area contributed by atoms with E-state index >= 15 is 0 Å². The van der Waals surface area contributed by atoms with Crippen LogP contribution < -0.4 is 10.6 Å². The largest absolute Gasteiger partial charge is 0.373 e. The number of halogens is 2. The molecule has 32 heavy (non-hydrogen) atoms. The average molecular weight is 443 g/mol. The van der Waals surface area contributed by atoms with Gasteiger partial charge in [0.25, 0.3) is 0 Å². The lowest BCUT2D eigenvalue weighted by atomic mass is 9.95. The average Bonchev–Trinajstić information content (AvgIpc) is 3.29. The summed E-state index contributed by atoms with van der Waals surface area (Å²) in [5, 5.41) is 6.96. The van der Waals surface area contributed by atoms with Crippen LogP contribution in [0.2, 0.25) is 0 Å². The molecule has 2 aromatic carbocycles. The van der Waals surface area contributed by atoms with Gasteiger partial charge in [0, 0.05) is 50.8 Å². The second-order valence-corrected chi connectivity index (χ2v) is 8.62. The summed E-state index contributed by atoms with van der Waals surface area (Å²) >= 11 is 0. The van der Waals surface area contributed by atoms with Gasteiger partial charge in [0.1, 0.15) is 11.6 Å². The first kappa shape index (κ1) is 22.7. The van der Waals surface area contributed by atoms with Crippen molar-refractivity contribution in [3.05, 3.63) is 71.3 Å². The van der Waals surface area contributed by atoms with Crippen LogP contribution in [0.4, 0.5) is 8.78 Å². The van der Waals surface area contributed by atoms with Crippen LogP contribution >= 0.6 is 0 Å². The monoisotopic (exact) mass is 442 g/mol. The molecule has 2 aliphatic rings. The lowest BCUT2D eigenvalue weighted by molar-refractivity contribution is 0.0914. The second-order valence-electron chi connectivity index (χ2n) is 8.62. The predicted molar refractivity (Wildman–Crippen MR) is 122 cm³/mol. The quantitative estimate of drug-likeness (QED) is 0.527. The first-order valence-corrected chi connectivity index (χ1v) is 11.4. The summed E-state index contributed by atoms with van der Waals surface area (Å²) in [5.74, 6) is 0.170. The molecule has 0 saturated carbocycles. The van der Waals surface area contributed by atoms with Crippen molar-refractivity contribution in [1.82, 2.24) is 15.5 Å². The highest BCUT2D eigenvalue weighted by atomic mass is 19.1. The lowest BCUT2D eigenvalue weighted by Crippen LogP contribution is -2.51. The van der Waals surface area contributed by atoms with Crippen molar-refractivity contribution in [1.29, 1.82) is 0 Å². The Hall–Kier alpha value is -2.51. The number of rotatable bonds is 6. The number of piperidine rings is 1. The summed E-state index contributed by atoms with van der Waals surface area (Å²) in [7, 11) is 1.77. The molecule has 0 amide bonds. The molecule has 0 radical (unpaired) electrons. The molecule has 2 saturated heterocycles. The molecular weight excluding hydrogens is 410 g/mol. The van der Waals surface area contributed by atoms with Gasteiger partial charge in [0.2, 0.25) is 0 Å². The highest BCUT2D eigenvalue weighted by molar-refractivity contribution is 5.80. The van der Waals surface area contributed by atoms with Gasteiger partial charge in [-0.3, -0.25) is 9.89 Å². The summed E-state index contributed by atoms with van der Waals surface area (Å²) in [5.41, 5.74) is 1.35. The van der Waals surface area contributed by atoms with Crippen LogP contribution in [-0.4, -0.2) is 50.2 Å². The van der Waals surface area contributed by atoms with E-state index in [9.17, 15) is 8.78 Å². The number of aliphatic imine (C=N–C) groups is 1. The van der Waals surface area contributed by atoms with Crippen molar-refractivity contribution in [2.75, 3.05) is 33.3 Å². The number of ether oxygens (including phenoxy) is 1. The van der Waals surface area contributed by atoms with E-state index in [-0.39, 0.29) is 24.3 Å². The zero-order valence-corrected chi connectivity index (χ0v) is 18.6. The fourth-order valence-electron chi connectivity index (χ4n) is 4.69. The van der Waals surface area contributed by atoms with E-state index in [0.717, 1.165) is 44.9 Å². The minimum absolute atomic E-state index is 0.0997. The second kappa shape index (κ2) is 10.9. The normalized spacial score (nSPS) is 24.5. The van der Waals surface area contributed by atoms with Gasteiger partial charge in [-0.2, -0.15) is 0 Å². The molecule has 0 spiro atoms. The molecule has 2 aliphatic heterocycles. The number of guanidine groups is 1. The summed E-state index contributed by atoms with van der Waals surface area (Å²) < 4.78 is 34.1. The Morgan fingerprint density at radius 1 is 1.09 bits per heavy atom. The van der Waals surface area contributed by atoms with Crippen LogP contribution in [0.5, 0.6) is 0 Å². The van der Waals surface area contributed by atoms with Gasteiger partial charge in [0.15, 0.2) is 5.96 Å². The lowest BCUT2D eigenvalue weighted by Gasteiger charge is -2.34. The van der Waals surface area contributed by atoms with E-state index in [1.54, 1.807) is 7.05 Å². The Balaban J connectivity index is 1.30. The van der Waals surface area contributed by atoms with Crippen molar-refractivity contribution in [2.24, 2.45) is 10.9 Å². The smallest absolute Gasteiger partial charge is 0.191 e. The molecule has 4 rings (SSSR count). The molecule has 2 heterocycles. The molecule has 2 N–H and O–H groups in total. The highest BCUT2D eigenvalue weighted by Crippen LogP contribution is 2.33. The Bertz CT molecular complexity index is 888. The maximum absolute atomic E-state index is 14.0. The molecule has 0 aliphatic carbocycles. The van der Waals surface area contributed by atoms with Gasteiger partial charge in [0.05, 0.1) is 6.10 Å². The van der Waals surface area contributed by atoms with Gasteiger partial charge in [-0.15, -0.1) is 0 Å². The molecule has 0 bridgehead atoms. The maximum atomic E-state index is 14.0. The zero-order valence-electron chi connectivity index (χ0n) is 18.6. The van der Waals surface area contributed by atoms with Gasteiger partial charge in [-0.25, -0.2) is 8.78 Å². The number of likely N-dealkylation sites (tertiary alicyclic amines) is 1. The van der Waals surface area contributed by atoms with E-state index in [1.165, 1.54) is 23.8 Å². The van der Waals surface area contributed by atoms with E-state index in [0.29, 0.717) is 12.5 Å². The molecule has 5 nitrogen and oxygen atoms in total. The van der Waals surface area contributed by atoms with Gasteiger partial charge < -0.3 is 15.4 Å². The summed E-state index contributed by atoms with van der Waals surface area (Å²) in [6, 6.07) is 14.6. The number of hydrogen-bond acceptors (Lipinski definition) is 3. The van der Waals surface area contributed by atoms with Crippen molar-refractivity contribution in [3.63, 3.8) is 0 Å². The van der Waals surface area contributed by atoms with Crippen LogP contribution in [-0.2, 0) is 11.3 Å². The number of benzene rings is 2. The van der Waals surface area contributed by atoms with Crippen LogP contribution in [0.1, 0.15) is 36.5 Å². The van der Waals surface area contributed by atoms with Crippen molar-refractivity contribution in [3.8, 4) is 0 Å². The van der Waals surface area contributed by atoms with Gasteiger partial charge in [-0.1, -0.05) is 36.4 Å². The zero-order chi connectivity index (χ0) is 22.3. The van der Waals surface area contributed by atoms with Crippen LogP contribution in [0, 0.1) is 17.6 Å². The number of nitrogens with one attached hydrogen (secondary N) is 2. The third-order valence-corrected chi connectivity index (χ3v) is 6.39. The Morgan fingerprint density at radius 2 is 1.88 bits per heavy atom. The highest BCUT2D eigenvalue weighted by Gasteiger charge is 2.30. The van der Waals surface area contributed by atoms with Crippen LogP contribution in [0.15, 0.2) is 53.5 Å². The number of hydrogen-bond donors (Lipinski definition) is 2. The SMILES string of the molecule is CN=C(NCC1CCOC1c1ccccc1)NC1CCCN(Cc2c(F)cccc2F)C1. The molecule has 172 valence electrons. The molecule has 3 unspecified atom stereocenters. The molecule has 7 heteroatoms. The molecule has 3 atom stereocenters. The van der Waals surface area contributed by atoms with E-state index in [2.05, 4.69) is 32.7 Å². The van der Waals surface area contributed by atoms with Gasteiger partial charge in [-0.05, 0) is 43.5 Å². The fraction of sp³-hybridized carbons (Fsp3) is 0.480. The third kappa shape index (κ3) is 5.64. The molecule has 0 aromatic heterocycles. The fourth-order valence-corrected chi connectivity index (χ4v) is 4.69. The Morgan fingerprint density at radius 3 is 2.62 bits per heavy atom. The standard InChI is InChI=1S/C25H32F2N4O/c1-28-25(29-15-19-12-14-32-24(19)18-7-3-2-4-8-18)30-20-9-6-13-31(16-20)17-21-22(26)10-5-11-23(21)27/h2-5,7-8,10-11,19-20,24H,6,9,12-17H2,1H3,(H2,28,29,30). The van der Waals surface area contributed by atoms with Crippen LogP contribution in [0.3, 0.4) is 0 Å². The minimum Gasteiger partial charge on any atom is -0.373 e. The first-order valence-electron chi connectivity index (χ1n) is 11.4. The molecule has 2 fully saturated rings.